The molecule has 1 saturated heterocycles. The van der Waals surface area contributed by atoms with Crippen molar-refractivity contribution in [3.63, 3.8) is 0 Å². The number of imide groups is 1. The van der Waals surface area contributed by atoms with E-state index in [0.29, 0.717) is 5.56 Å². The first-order chi connectivity index (χ1) is 15.2. The molecule has 2 heterocycles. The van der Waals surface area contributed by atoms with E-state index in [1.165, 1.54) is 19.2 Å². The zero-order valence-corrected chi connectivity index (χ0v) is 20.0. The van der Waals surface area contributed by atoms with E-state index in [2.05, 4.69) is 10.1 Å². The summed E-state index contributed by atoms with van der Waals surface area (Å²) in [6, 6.07) is 6.01. The van der Waals surface area contributed by atoms with Gasteiger partial charge in [0, 0.05) is 11.1 Å². The number of esters is 1. The molecule has 176 valence electrons. The summed E-state index contributed by atoms with van der Waals surface area (Å²) in [5.41, 5.74) is 1.65. The Kier molecular flexibility index (Phi) is 6.15. The van der Waals surface area contributed by atoms with Crippen molar-refractivity contribution in [2.75, 3.05) is 7.11 Å². The highest BCUT2D eigenvalue weighted by molar-refractivity contribution is 6.13. The van der Waals surface area contributed by atoms with Crippen LogP contribution in [0.2, 0.25) is 0 Å². The molecule has 1 aliphatic heterocycles. The molecule has 0 radical (unpaired) electrons. The van der Waals surface area contributed by atoms with Crippen molar-refractivity contribution in [2.45, 2.75) is 58.9 Å². The number of carbonyl (C=O) groups excluding carboxylic acids is 3. The number of urea groups is 1. The van der Waals surface area contributed by atoms with Crippen LogP contribution in [0.25, 0.3) is 6.08 Å². The standard InChI is InChI=1S/C25H30N2O6/c1-24(2,3)16-10-14(11-17(20(16)28)25(4,5)6)12-18-21(29)27(23(31)26-18)13-15-8-9-19(33-15)22(30)32-7/h8-12,28H,13H2,1-7H3,(H,26,31). The highest BCUT2D eigenvalue weighted by atomic mass is 16.5. The fraction of sp³-hybridized carbons (Fsp3) is 0.400. The first-order valence-corrected chi connectivity index (χ1v) is 10.6. The fourth-order valence-corrected chi connectivity index (χ4v) is 3.59. The third-order valence-electron chi connectivity index (χ3n) is 5.38. The number of nitrogens with zero attached hydrogens (tertiary/aromatic N) is 1. The van der Waals surface area contributed by atoms with Gasteiger partial charge in [-0.05, 0) is 46.7 Å². The summed E-state index contributed by atoms with van der Waals surface area (Å²) in [7, 11) is 1.23. The summed E-state index contributed by atoms with van der Waals surface area (Å²) in [6.07, 6.45) is 1.60. The van der Waals surface area contributed by atoms with Gasteiger partial charge in [0.05, 0.1) is 13.7 Å². The second kappa shape index (κ2) is 8.42. The number of rotatable bonds is 4. The number of hydrogen-bond acceptors (Lipinski definition) is 6. The second-order valence-corrected chi connectivity index (χ2v) is 10.1. The molecule has 0 aliphatic carbocycles. The van der Waals surface area contributed by atoms with E-state index in [0.717, 1.165) is 16.0 Å². The van der Waals surface area contributed by atoms with Crippen molar-refractivity contribution in [1.82, 2.24) is 10.2 Å². The average molecular weight is 455 g/mol. The number of hydrogen-bond donors (Lipinski definition) is 2. The van der Waals surface area contributed by atoms with Gasteiger partial charge in [0.15, 0.2) is 0 Å². The summed E-state index contributed by atoms with van der Waals surface area (Å²) in [6.45, 7) is 11.9. The highest BCUT2D eigenvalue weighted by Gasteiger charge is 2.35. The van der Waals surface area contributed by atoms with Gasteiger partial charge in [-0.25, -0.2) is 9.59 Å². The van der Waals surface area contributed by atoms with E-state index < -0.39 is 17.9 Å². The van der Waals surface area contributed by atoms with Crippen molar-refractivity contribution in [2.24, 2.45) is 0 Å². The molecule has 8 nitrogen and oxygen atoms in total. The average Bonchev–Trinajstić information content (AvgIpc) is 3.27. The van der Waals surface area contributed by atoms with Crippen LogP contribution in [-0.4, -0.2) is 35.0 Å². The van der Waals surface area contributed by atoms with Gasteiger partial charge in [-0.1, -0.05) is 41.5 Å². The van der Waals surface area contributed by atoms with Crippen LogP contribution in [-0.2, 0) is 26.9 Å². The minimum absolute atomic E-state index is 0.0103. The van der Waals surface area contributed by atoms with Gasteiger partial charge in [-0.15, -0.1) is 0 Å². The topological polar surface area (TPSA) is 109 Å². The molecule has 1 aliphatic rings. The van der Waals surface area contributed by atoms with Crippen molar-refractivity contribution in [3.05, 3.63) is 58.2 Å². The number of amides is 3. The Morgan fingerprint density at radius 3 is 2.18 bits per heavy atom. The number of furan rings is 1. The first kappa shape index (κ1) is 24.1. The molecule has 0 bridgehead atoms. The van der Waals surface area contributed by atoms with Gasteiger partial charge in [-0.3, -0.25) is 9.69 Å². The van der Waals surface area contributed by atoms with Crippen LogP contribution >= 0.6 is 0 Å². The van der Waals surface area contributed by atoms with E-state index in [9.17, 15) is 19.5 Å². The van der Waals surface area contributed by atoms with Gasteiger partial charge < -0.3 is 19.6 Å². The lowest BCUT2D eigenvalue weighted by Gasteiger charge is -2.28. The van der Waals surface area contributed by atoms with Crippen molar-refractivity contribution < 1.29 is 28.6 Å². The van der Waals surface area contributed by atoms with E-state index in [1.807, 2.05) is 53.7 Å². The molecule has 2 N–H and O–H groups in total. The van der Waals surface area contributed by atoms with E-state index in [4.69, 9.17) is 4.42 Å². The van der Waals surface area contributed by atoms with Crippen molar-refractivity contribution in [3.8, 4) is 5.75 Å². The predicted molar refractivity (Wildman–Crippen MR) is 123 cm³/mol. The zero-order chi connectivity index (χ0) is 24.7. The Labute approximate surface area is 193 Å². The molecule has 33 heavy (non-hydrogen) atoms. The van der Waals surface area contributed by atoms with Crippen LogP contribution in [0.5, 0.6) is 5.75 Å². The molecule has 0 unspecified atom stereocenters. The Morgan fingerprint density at radius 2 is 1.67 bits per heavy atom. The van der Waals surface area contributed by atoms with Gasteiger partial charge in [0.2, 0.25) is 5.76 Å². The summed E-state index contributed by atoms with van der Waals surface area (Å²) in [5, 5.41) is 13.5. The number of ether oxygens (including phenoxy) is 1. The Morgan fingerprint density at radius 1 is 1.09 bits per heavy atom. The van der Waals surface area contributed by atoms with Gasteiger partial charge in [0.25, 0.3) is 5.91 Å². The van der Waals surface area contributed by atoms with Crippen molar-refractivity contribution >= 4 is 24.0 Å². The van der Waals surface area contributed by atoms with Gasteiger partial charge in [-0.2, -0.15) is 0 Å². The summed E-state index contributed by atoms with van der Waals surface area (Å²) < 4.78 is 9.97. The maximum atomic E-state index is 12.9. The molecule has 8 heteroatoms. The fourth-order valence-electron chi connectivity index (χ4n) is 3.59. The van der Waals surface area contributed by atoms with Crippen LogP contribution in [0, 0.1) is 0 Å². The van der Waals surface area contributed by atoms with Gasteiger partial charge in [0.1, 0.15) is 17.2 Å². The lowest BCUT2D eigenvalue weighted by atomic mass is 9.78. The van der Waals surface area contributed by atoms with Crippen LogP contribution in [0.3, 0.4) is 0 Å². The van der Waals surface area contributed by atoms with Gasteiger partial charge >= 0.3 is 12.0 Å². The maximum Gasteiger partial charge on any atom is 0.373 e. The minimum Gasteiger partial charge on any atom is -0.507 e. The predicted octanol–water partition coefficient (Wildman–Crippen LogP) is 4.46. The summed E-state index contributed by atoms with van der Waals surface area (Å²) in [4.78, 5) is 38.0. The summed E-state index contributed by atoms with van der Waals surface area (Å²) >= 11 is 0. The van der Waals surface area contributed by atoms with Crippen molar-refractivity contribution in [1.29, 1.82) is 0 Å². The Balaban J connectivity index is 1.94. The molecule has 0 atom stereocenters. The number of phenols is 1. The molecule has 1 aromatic heterocycles. The number of aromatic hydroxyl groups is 1. The Hall–Kier alpha value is -3.55. The molecule has 3 amide bonds. The lowest BCUT2D eigenvalue weighted by Crippen LogP contribution is -2.30. The largest absolute Gasteiger partial charge is 0.507 e. The van der Waals surface area contributed by atoms with E-state index >= 15 is 0 Å². The Bertz CT molecular complexity index is 1110. The van der Waals surface area contributed by atoms with E-state index in [-0.39, 0.29) is 40.3 Å². The number of phenolic OH excluding ortho intramolecular Hbond substituents is 1. The third-order valence-corrected chi connectivity index (χ3v) is 5.38. The highest BCUT2D eigenvalue weighted by Crippen LogP contribution is 2.40. The van der Waals surface area contributed by atoms with E-state index in [1.54, 1.807) is 6.08 Å². The number of methoxy groups -OCH3 is 1. The van der Waals surface area contributed by atoms with Crippen LogP contribution in [0.15, 0.2) is 34.4 Å². The smallest absolute Gasteiger partial charge is 0.373 e. The second-order valence-electron chi connectivity index (χ2n) is 10.1. The van der Waals surface area contributed by atoms with Crippen LogP contribution in [0.4, 0.5) is 4.79 Å². The van der Waals surface area contributed by atoms with Crippen LogP contribution < -0.4 is 5.32 Å². The quantitative estimate of drug-likeness (QED) is 0.401. The normalized spacial score (nSPS) is 15.8. The first-order valence-electron chi connectivity index (χ1n) is 10.6. The monoisotopic (exact) mass is 454 g/mol. The lowest BCUT2D eigenvalue weighted by molar-refractivity contribution is -0.123. The molecule has 3 rings (SSSR count). The number of nitrogens with one attached hydrogen (secondary N) is 1. The molecular formula is C25H30N2O6. The number of carbonyl (C=O) groups is 3. The minimum atomic E-state index is -0.643. The zero-order valence-electron chi connectivity index (χ0n) is 20.0. The molecular weight excluding hydrogens is 424 g/mol. The molecule has 0 saturated carbocycles. The summed E-state index contributed by atoms with van der Waals surface area (Å²) in [5.74, 6) is -0.659. The number of benzene rings is 1. The molecule has 2 aromatic rings. The SMILES string of the molecule is COC(=O)c1ccc(CN2C(=O)NC(=Cc3cc(C(C)(C)C)c(O)c(C(C)(C)C)c3)C2=O)o1. The maximum absolute atomic E-state index is 12.9. The molecule has 1 aromatic carbocycles. The molecule has 0 spiro atoms. The van der Waals surface area contributed by atoms with Crippen LogP contribution in [0.1, 0.15) is 74.5 Å². The molecule has 1 fully saturated rings. The third kappa shape index (κ3) is 4.94.